The van der Waals surface area contributed by atoms with Gasteiger partial charge in [0.05, 0.1) is 5.69 Å². The Balaban J connectivity index is 2.38. The predicted octanol–water partition coefficient (Wildman–Crippen LogP) is 1.63. The molecule has 0 aliphatic carbocycles. The van der Waals surface area contributed by atoms with Crippen molar-refractivity contribution in [2.45, 2.75) is 12.2 Å². The Kier molecular flexibility index (Phi) is 2.06. The summed E-state index contributed by atoms with van der Waals surface area (Å²) in [6.07, 6.45) is 0.920. The summed E-state index contributed by atoms with van der Waals surface area (Å²) < 4.78 is 0. The standard InChI is InChI=1S/C7H7NO2S2/c9-7(10)6-8-4-1-2-11-3-5(4)12-6/h1-3H2,(H,9,10). The van der Waals surface area contributed by atoms with E-state index in [1.54, 1.807) is 0 Å². The Morgan fingerprint density at radius 1 is 1.58 bits per heavy atom. The van der Waals surface area contributed by atoms with E-state index in [1.165, 1.54) is 11.3 Å². The van der Waals surface area contributed by atoms with Gasteiger partial charge in [-0.25, -0.2) is 9.78 Å². The summed E-state index contributed by atoms with van der Waals surface area (Å²) in [7, 11) is 0. The Hall–Kier alpha value is -0.550. The Morgan fingerprint density at radius 3 is 3.08 bits per heavy atom. The Morgan fingerprint density at radius 2 is 2.42 bits per heavy atom. The third kappa shape index (κ3) is 1.34. The number of aromatic carboxylic acids is 1. The number of carboxylic acid groups (broad SMARTS) is 1. The summed E-state index contributed by atoms with van der Waals surface area (Å²) >= 11 is 3.15. The molecule has 0 bridgehead atoms. The van der Waals surface area contributed by atoms with Crippen LogP contribution in [-0.4, -0.2) is 21.8 Å². The molecule has 2 heterocycles. The van der Waals surface area contributed by atoms with Crippen LogP contribution in [0.1, 0.15) is 20.4 Å². The molecule has 12 heavy (non-hydrogen) atoms. The lowest BCUT2D eigenvalue weighted by atomic mass is 10.3. The van der Waals surface area contributed by atoms with Crippen LogP contribution in [0.3, 0.4) is 0 Å². The van der Waals surface area contributed by atoms with Crippen LogP contribution < -0.4 is 0 Å². The number of nitrogens with zero attached hydrogens (tertiary/aromatic N) is 1. The molecule has 0 aromatic carbocycles. The maximum absolute atomic E-state index is 10.6. The molecule has 1 aliphatic heterocycles. The zero-order valence-corrected chi connectivity index (χ0v) is 7.87. The van der Waals surface area contributed by atoms with Crippen molar-refractivity contribution >= 4 is 29.1 Å². The van der Waals surface area contributed by atoms with Crippen LogP contribution in [0.25, 0.3) is 0 Å². The molecule has 0 saturated carbocycles. The summed E-state index contributed by atoms with van der Waals surface area (Å²) in [6.45, 7) is 0. The fraction of sp³-hybridized carbons (Fsp3) is 0.429. The molecule has 0 unspecified atom stereocenters. The normalized spacial score (nSPS) is 15.7. The van der Waals surface area contributed by atoms with E-state index in [9.17, 15) is 4.79 Å². The van der Waals surface area contributed by atoms with Gasteiger partial charge in [-0.1, -0.05) is 0 Å². The second kappa shape index (κ2) is 3.06. The maximum atomic E-state index is 10.6. The highest BCUT2D eigenvalue weighted by atomic mass is 32.2. The average molecular weight is 201 g/mol. The minimum absolute atomic E-state index is 0.238. The molecule has 1 aromatic rings. The first-order chi connectivity index (χ1) is 5.77. The SMILES string of the molecule is O=C(O)c1nc2c(s1)CSCC2. The van der Waals surface area contributed by atoms with Gasteiger partial charge in [-0.2, -0.15) is 11.8 Å². The third-order valence-corrected chi connectivity index (χ3v) is 3.93. The molecule has 0 fully saturated rings. The molecule has 0 saturated heterocycles. The van der Waals surface area contributed by atoms with Crippen molar-refractivity contribution in [3.63, 3.8) is 0 Å². The van der Waals surface area contributed by atoms with Gasteiger partial charge < -0.3 is 5.11 Å². The number of aromatic nitrogens is 1. The first-order valence-electron chi connectivity index (χ1n) is 3.57. The van der Waals surface area contributed by atoms with Gasteiger partial charge in [-0.05, 0) is 12.2 Å². The lowest BCUT2D eigenvalue weighted by Crippen LogP contribution is -2.00. The summed E-state index contributed by atoms with van der Waals surface area (Å²) in [5.74, 6) is 1.09. The zero-order valence-electron chi connectivity index (χ0n) is 6.24. The minimum Gasteiger partial charge on any atom is -0.476 e. The fourth-order valence-electron chi connectivity index (χ4n) is 1.12. The summed E-state index contributed by atoms with van der Waals surface area (Å²) in [5, 5.41) is 8.91. The van der Waals surface area contributed by atoms with Crippen LogP contribution in [0.5, 0.6) is 0 Å². The van der Waals surface area contributed by atoms with Gasteiger partial charge in [-0.15, -0.1) is 11.3 Å². The van der Waals surface area contributed by atoms with Gasteiger partial charge in [0.15, 0.2) is 0 Å². The molecule has 1 aliphatic rings. The molecule has 3 nitrogen and oxygen atoms in total. The highest BCUT2D eigenvalue weighted by molar-refractivity contribution is 7.98. The molecular formula is C7H7NO2S2. The number of carbonyl (C=O) groups is 1. The van der Waals surface area contributed by atoms with Crippen molar-refractivity contribution in [3.05, 3.63) is 15.6 Å². The van der Waals surface area contributed by atoms with E-state index in [2.05, 4.69) is 4.98 Å². The number of fused-ring (bicyclic) bond motifs is 1. The topological polar surface area (TPSA) is 50.2 Å². The van der Waals surface area contributed by atoms with Crippen LogP contribution in [0.4, 0.5) is 0 Å². The number of rotatable bonds is 1. The highest BCUT2D eigenvalue weighted by Crippen LogP contribution is 2.29. The molecule has 0 radical (unpaired) electrons. The second-order valence-corrected chi connectivity index (χ2v) is 4.69. The molecule has 5 heteroatoms. The van der Waals surface area contributed by atoms with Crippen LogP contribution >= 0.6 is 23.1 Å². The van der Waals surface area contributed by atoms with Crippen molar-refractivity contribution < 1.29 is 9.90 Å². The maximum Gasteiger partial charge on any atom is 0.365 e. The van der Waals surface area contributed by atoms with Crippen LogP contribution in [-0.2, 0) is 12.2 Å². The van der Waals surface area contributed by atoms with Gasteiger partial charge in [0.1, 0.15) is 0 Å². The van der Waals surface area contributed by atoms with Gasteiger partial charge in [-0.3, -0.25) is 0 Å². The minimum atomic E-state index is -0.903. The Labute approximate surface area is 77.8 Å². The molecule has 2 rings (SSSR count). The lowest BCUT2D eigenvalue weighted by molar-refractivity contribution is 0.0696. The van der Waals surface area contributed by atoms with E-state index in [0.717, 1.165) is 28.5 Å². The first kappa shape index (κ1) is 8.07. The zero-order chi connectivity index (χ0) is 8.55. The van der Waals surface area contributed by atoms with Crippen LogP contribution in [0, 0.1) is 0 Å². The molecule has 1 aromatic heterocycles. The van der Waals surface area contributed by atoms with E-state index < -0.39 is 5.97 Å². The van der Waals surface area contributed by atoms with Crippen molar-refractivity contribution in [3.8, 4) is 0 Å². The van der Waals surface area contributed by atoms with Gasteiger partial charge >= 0.3 is 5.97 Å². The third-order valence-electron chi connectivity index (χ3n) is 1.68. The lowest BCUT2D eigenvalue weighted by Gasteiger charge is -2.06. The monoisotopic (exact) mass is 201 g/mol. The molecule has 0 spiro atoms. The van der Waals surface area contributed by atoms with Crippen molar-refractivity contribution in [2.75, 3.05) is 5.75 Å². The van der Waals surface area contributed by atoms with E-state index >= 15 is 0 Å². The average Bonchev–Trinajstić information content (AvgIpc) is 2.46. The number of thiazole rings is 1. The van der Waals surface area contributed by atoms with Crippen molar-refractivity contribution in [2.24, 2.45) is 0 Å². The van der Waals surface area contributed by atoms with Crippen molar-refractivity contribution in [1.29, 1.82) is 0 Å². The van der Waals surface area contributed by atoms with Crippen LogP contribution in [0.2, 0.25) is 0 Å². The largest absolute Gasteiger partial charge is 0.476 e. The molecule has 0 amide bonds. The smallest absolute Gasteiger partial charge is 0.365 e. The number of aryl methyl sites for hydroxylation is 1. The fourth-order valence-corrected chi connectivity index (χ4v) is 3.18. The molecule has 1 N–H and O–H groups in total. The van der Waals surface area contributed by atoms with E-state index in [-0.39, 0.29) is 5.01 Å². The predicted molar refractivity (Wildman–Crippen MR) is 48.9 cm³/mol. The van der Waals surface area contributed by atoms with E-state index in [1.807, 2.05) is 11.8 Å². The van der Waals surface area contributed by atoms with Crippen LogP contribution in [0.15, 0.2) is 0 Å². The quantitative estimate of drug-likeness (QED) is 0.750. The summed E-state index contributed by atoms with van der Waals surface area (Å²) in [5.41, 5.74) is 0.996. The number of carboxylic acids is 1. The summed E-state index contributed by atoms with van der Waals surface area (Å²) in [6, 6.07) is 0. The highest BCUT2D eigenvalue weighted by Gasteiger charge is 2.18. The molecule has 0 atom stereocenters. The Bertz CT molecular complexity index is 298. The molecular weight excluding hydrogens is 194 g/mol. The van der Waals surface area contributed by atoms with Crippen molar-refractivity contribution in [1.82, 2.24) is 4.98 Å². The second-order valence-electron chi connectivity index (χ2n) is 2.50. The van der Waals surface area contributed by atoms with Gasteiger partial charge in [0.25, 0.3) is 0 Å². The molecule has 64 valence electrons. The van der Waals surface area contributed by atoms with E-state index in [4.69, 9.17) is 5.11 Å². The summed E-state index contributed by atoms with van der Waals surface area (Å²) in [4.78, 5) is 15.8. The first-order valence-corrected chi connectivity index (χ1v) is 5.54. The number of hydrogen-bond acceptors (Lipinski definition) is 4. The number of thioether (sulfide) groups is 1. The van der Waals surface area contributed by atoms with Gasteiger partial charge in [0, 0.05) is 10.6 Å². The van der Waals surface area contributed by atoms with Gasteiger partial charge in [0.2, 0.25) is 5.01 Å². The number of hydrogen-bond donors (Lipinski definition) is 1. The van der Waals surface area contributed by atoms with E-state index in [0.29, 0.717) is 0 Å².